The van der Waals surface area contributed by atoms with Gasteiger partial charge in [0.1, 0.15) is 17.1 Å². The number of ether oxygens (including phenoxy) is 2. The van der Waals surface area contributed by atoms with Crippen LogP contribution in [0.2, 0.25) is 0 Å². The molecule has 0 unspecified atom stereocenters. The van der Waals surface area contributed by atoms with Crippen molar-refractivity contribution in [2.24, 2.45) is 0 Å². The number of non-ortho nitro benzene ring substituents is 1. The quantitative estimate of drug-likeness (QED) is 0.257. The molecule has 0 spiro atoms. The van der Waals surface area contributed by atoms with Crippen LogP contribution in [0.15, 0.2) is 34.8 Å². The number of aromatic nitrogens is 2. The second-order valence-corrected chi connectivity index (χ2v) is 6.25. The summed E-state index contributed by atoms with van der Waals surface area (Å²) in [7, 11) is 0. The van der Waals surface area contributed by atoms with Gasteiger partial charge in [-0.15, -0.1) is 0 Å². The molecule has 11 nitrogen and oxygen atoms in total. The largest absolute Gasteiger partial charge is 0.462 e. The molecule has 2 N–H and O–H groups in total. The summed E-state index contributed by atoms with van der Waals surface area (Å²) < 4.78 is 15.6. The molecule has 0 radical (unpaired) electrons. The van der Waals surface area contributed by atoms with Crippen molar-refractivity contribution in [2.45, 2.75) is 20.5 Å². The Bertz CT molecular complexity index is 1200. The van der Waals surface area contributed by atoms with Gasteiger partial charge in [-0.05, 0) is 25.5 Å². The van der Waals surface area contributed by atoms with Gasteiger partial charge in [0.2, 0.25) is 5.71 Å². The molecule has 11 heteroatoms. The Morgan fingerprint density at radius 1 is 1.29 bits per heavy atom. The molecule has 1 aromatic carbocycles. The van der Waals surface area contributed by atoms with Gasteiger partial charge in [-0.25, -0.2) is 14.6 Å². The van der Waals surface area contributed by atoms with Crippen molar-refractivity contribution in [3.05, 3.63) is 63.2 Å². The van der Waals surface area contributed by atoms with Crippen molar-refractivity contribution in [2.75, 3.05) is 12.3 Å². The molecular weight excluding hydrogens is 408 g/mol. The van der Waals surface area contributed by atoms with Crippen LogP contribution in [0.3, 0.4) is 0 Å². The van der Waals surface area contributed by atoms with E-state index in [2.05, 4.69) is 9.97 Å². The number of fused-ring (bicyclic) bond motifs is 1. The minimum atomic E-state index is -0.711. The Hall–Kier alpha value is -4.28. The highest BCUT2D eigenvalue weighted by Crippen LogP contribution is 2.29. The molecule has 0 saturated heterocycles. The first-order valence-electron chi connectivity index (χ1n) is 9.12. The van der Waals surface area contributed by atoms with E-state index in [-0.39, 0.29) is 53.0 Å². The van der Waals surface area contributed by atoms with Crippen molar-refractivity contribution in [1.82, 2.24) is 9.97 Å². The molecule has 0 atom stereocenters. The highest BCUT2D eigenvalue weighted by Gasteiger charge is 2.24. The number of nitro groups is 1. The first kappa shape index (κ1) is 21.4. The van der Waals surface area contributed by atoms with Crippen molar-refractivity contribution in [1.29, 1.82) is 0 Å². The Morgan fingerprint density at radius 2 is 2.06 bits per heavy atom. The molecule has 0 aliphatic carbocycles. The van der Waals surface area contributed by atoms with Crippen LogP contribution < -0.4 is 5.73 Å². The molecule has 31 heavy (non-hydrogen) atoms. The normalized spacial score (nSPS) is 11.0. The van der Waals surface area contributed by atoms with Crippen LogP contribution >= 0.6 is 0 Å². The van der Waals surface area contributed by atoms with Gasteiger partial charge in [0.15, 0.2) is 12.4 Å². The summed E-state index contributed by atoms with van der Waals surface area (Å²) in [4.78, 5) is 42.6. The lowest BCUT2D eigenvalue weighted by molar-refractivity contribution is -0.384. The lowest BCUT2D eigenvalue weighted by Crippen LogP contribution is -2.09. The highest BCUT2D eigenvalue weighted by molar-refractivity contribution is 6.07. The average molecular weight is 426 g/mol. The second kappa shape index (κ2) is 9.03. The molecule has 0 saturated carbocycles. The van der Waals surface area contributed by atoms with Crippen molar-refractivity contribution in [3.63, 3.8) is 0 Å². The minimum Gasteiger partial charge on any atom is -0.462 e. The van der Waals surface area contributed by atoms with E-state index in [9.17, 15) is 19.7 Å². The molecular formula is C20H18N4O7. The first-order chi connectivity index (χ1) is 14.8. The van der Waals surface area contributed by atoms with E-state index in [1.807, 2.05) is 0 Å². The smallest absolute Gasteiger partial charge is 0.342 e. The number of benzene rings is 1. The minimum absolute atomic E-state index is 0.0110. The maximum atomic E-state index is 12.1. The number of nitrogens with two attached hydrogens (primary N) is 1. The van der Waals surface area contributed by atoms with Gasteiger partial charge >= 0.3 is 11.9 Å². The molecule has 0 fully saturated rings. The van der Waals surface area contributed by atoms with E-state index in [1.165, 1.54) is 24.3 Å². The number of carbonyl (C=O) groups is 2. The molecule has 2 aromatic heterocycles. The van der Waals surface area contributed by atoms with Gasteiger partial charge in [0.25, 0.3) is 5.69 Å². The van der Waals surface area contributed by atoms with Crippen LogP contribution in [-0.4, -0.2) is 33.4 Å². The van der Waals surface area contributed by atoms with Crippen LogP contribution in [0.25, 0.3) is 17.2 Å². The van der Waals surface area contributed by atoms with E-state index >= 15 is 0 Å². The van der Waals surface area contributed by atoms with Crippen LogP contribution in [0, 0.1) is 17.0 Å². The SMILES string of the molecule is CCOC(=O)c1c(C)oc2nc(COC(=O)/C=C/c3cccc([N+](=O)[O-])c3)nc(N)c12. The lowest BCUT2D eigenvalue weighted by atomic mass is 10.2. The summed E-state index contributed by atoms with van der Waals surface area (Å²) >= 11 is 0. The summed E-state index contributed by atoms with van der Waals surface area (Å²) in [5, 5.41) is 11.0. The van der Waals surface area contributed by atoms with E-state index in [0.717, 1.165) is 6.08 Å². The predicted octanol–water partition coefficient (Wildman–Crippen LogP) is 2.95. The molecule has 3 aromatic rings. The summed E-state index contributed by atoms with van der Waals surface area (Å²) in [5.41, 5.74) is 6.55. The number of hydrogen-bond donors (Lipinski definition) is 1. The number of hydrogen-bond acceptors (Lipinski definition) is 10. The number of esters is 2. The zero-order valence-electron chi connectivity index (χ0n) is 16.7. The highest BCUT2D eigenvalue weighted by atomic mass is 16.6. The summed E-state index contributed by atoms with van der Waals surface area (Å²) in [5.74, 6) is -0.964. The first-order valence-corrected chi connectivity index (χ1v) is 9.12. The average Bonchev–Trinajstić information content (AvgIpc) is 3.07. The van der Waals surface area contributed by atoms with Gasteiger partial charge < -0.3 is 19.6 Å². The topological polar surface area (TPSA) is 161 Å². The van der Waals surface area contributed by atoms with Crippen LogP contribution in [-0.2, 0) is 20.9 Å². The van der Waals surface area contributed by atoms with Gasteiger partial charge in [-0.3, -0.25) is 10.1 Å². The zero-order chi connectivity index (χ0) is 22.5. The number of anilines is 1. The second-order valence-electron chi connectivity index (χ2n) is 6.25. The maximum Gasteiger partial charge on any atom is 0.342 e. The number of aryl methyl sites for hydroxylation is 1. The monoisotopic (exact) mass is 426 g/mol. The van der Waals surface area contributed by atoms with Gasteiger partial charge in [0, 0.05) is 18.2 Å². The summed E-state index contributed by atoms with van der Waals surface area (Å²) in [6.45, 7) is 3.14. The van der Waals surface area contributed by atoms with E-state index in [0.29, 0.717) is 5.56 Å². The third-order valence-corrected chi connectivity index (χ3v) is 4.12. The van der Waals surface area contributed by atoms with Crippen LogP contribution in [0.1, 0.15) is 34.4 Å². The molecule has 0 aliphatic rings. The lowest BCUT2D eigenvalue weighted by Gasteiger charge is -2.04. The van der Waals surface area contributed by atoms with Crippen molar-refractivity contribution < 1.29 is 28.4 Å². The fourth-order valence-corrected chi connectivity index (χ4v) is 2.79. The molecule has 2 heterocycles. The predicted molar refractivity (Wildman–Crippen MR) is 109 cm³/mol. The van der Waals surface area contributed by atoms with Gasteiger partial charge in [-0.2, -0.15) is 4.98 Å². The fraction of sp³-hybridized carbons (Fsp3) is 0.200. The summed E-state index contributed by atoms with van der Waals surface area (Å²) in [6, 6.07) is 5.78. The van der Waals surface area contributed by atoms with Gasteiger partial charge in [-0.1, -0.05) is 12.1 Å². The Balaban J connectivity index is 1.72. The van der Waals surface area contributed by atoms with E-state index < -0.39 is 16.9 Å². The standard InChI is InChI=1S/C20H18N4O7/c1-3-29-20(26)16-11(2)31-19-17(16)18(21)22-14(23-19)10-30-15(25)8-7-12-5-4-6-13(9-12)24(27)28/h4-9H,3,10H2,1-2H3,(H2,21,22,23)/b8-7+. The number of carbonyl (C=O) groups excluding carboxylic acids is 2. The Kier molecular flexibility index (Phi) is 6.24. The van der Waals surface area contributed by atoms with Crippen molar-refractivity contribution in [3.8, 4) is 0 Å². The molecule has 3 rings (SSSR count). The molecule has 0 amide bonds. The Labute approximate surface area is 175 Å². The maximum absolute atomic E-state index is 12.1. The van der Waals surface area contributed by atoms with Gasteiger partial charge in [0.05, 0.1) is 16.9 Å². The number of nitro benzene ring substituents is 1. The zero-order valence-corrected chi connectivity index (χ0v) is 16.7. The van der Waals surface area contributed by atoms with E-state index in [1.54, 1.807) is 19.9 Å². The molecule has 160 valence electrons. The summed E-state index contributed by atoms with van der Waals surface area (Å²) in [6.07, 6.45) is 2.51. The van der Waals surface area contributed by atoms with E-state index in [4.69, 9.17) is 19.6 Å². The third kappa shape index (κ3) is 4.83. The van der Waals surface area contributed by atoms with Crippen LogP contribution in [0.4, 0.5) is 11.5 Å². The fourth-order valence-electron chi connectivity index (χ4n) is 2.79. The number of nitrogens with zero attached hydrogens (tertiary/aromatic N) is 3. The third-order valence-electron chi connectivity index (χ3n) is 4.12. The number of nitrogen functional groups attached to an aromatic ring is 1. The number of rotatable bonds is 7. The molecule has 0 bridgehead atoms. The van der Waals surface area contributed by atoms with Crippen molar-refractivity contribution >= 4 is 40.6 Å². The van der Waals surface area contributed by atoms with Crippen LogP contribution in [0.5, 0.6) is 0 Å². The molecule has 0 aliphatic heterocycles. The number of furan rings is 1. The Morgan fingerprint density at radius 3 is 2.77 bits per heavy atom.